The number of aromatic amines is 1. The van der Waals surface area contributed by atoms with Crippen LogP contribution in [-0.4, -0.2) is 36.1 Å². The van der Waals surface area contributed by atoms with E-state index < -0.39 is 17.9 Å². The molecule has 1 aromatic heterocycles. The van der Waals surface area contributed by atoms with Gasteiger partial charge < -0.3 is 14.8 Å². The number of fused-ring (bicyclic) bond motifs is 1. The largest absolute Gasteiger partial charge is 0.381 e. The normalized spacial score (nSPS) is 22.3. The Labute approximate surface area is 178 Å². The fourth-order valence-corrected chi connectivity index (χ4v) is 4.77. The molecule has 2 heterocycles. The Morgan fingerprint density at radius 1 is 1.03 bits per heavy atom. The molecular weight excluding hydrogens is 405 g/mol. The second kappa shape index (κ2) is 8.30. The Morgan fingerprint density at radius 3 is 2.45 bits per heavy atom. The van der Waals surface area contributed by atoms with Crippen LogP contribution in [0, 0.1) is 29.3 Å². The number of nitrogens with one attached hydrogen (secondary N) is 2. The third-order valence-electron chi connectivity index (χ3n) is 6.55. The van der Waals surface area contributed by atoms with Crippen molar-refractivity contribution in [2.24, 2.45) is 11.8 Å². The Kier molecular flexibility index (Phi) is 5.50. The van der Waals surface area contributed by atoms with Gasteiger partial charge in [-0.05, 0) is 72.6 Å². The maximum Gasteiger partial charge on any atom is 0.150 e. The fraction of sp³-hybridized carbons (Fsp3) is 0.417. The predicted octanol–water partition coefficient (Wildman–Crippen LogP) is 4.69. The summed E-state index contributed by atoms with van der Waals surface area (Å²) in [6, 6.07) is 8.27. The fourth-order valence-electron chi connectivity index (χ4n) is 4.77. The van der Waals surface area contributed by atoms with Crippen LogP contribution >= 0.6 is 0 Å². The number of benzene rings is 2. The predicted molar refractivity (Wildman–Crippen MR) is 112 cm³/mol. The highest BCUT2D eigenvalue weighted by atomic mass is 19.1. The molecule has 1 aliphatic carbocycles. The zero-order valence-electron chi connectivity index (χ0n) is 17.0. The van der Waals surface area contributed by atoms with E-state index in [1.807, 2.05) is 0 Å². The van der Waals surface area contributed by atoms with Crippen LogP contribution in [0.4, 0.5) is 13.2 Å². The van der Waals surface area contributed by atoms with E-state index in [2.05, 4.69) is 10.3 Å². The molecule has 2 fully saturated rings. The molecule has 0 spiro atoms. The van der Waals surface area contributed by atoms with Crippen molar-refractivity contribution in [3.8, 4) is 11.3 Å². The van der Waals surface area contributed by atoms with Crippen molar-refractivity contribution >= 4 is 10.9 Å². The zero-order valence-corrected chi connectivity index (χ0v) is 17.0. The van der Waals surface area contributed by atoms with Gasteiger partial charge >= 0.3 is 0 Å². The van der Waals surface area contributed by atoms with E-state index in [1.54, 1.807) is 12.1 Å². The second-order valence-electron chi connectivity index (χ2n) is 8.83. The topological polar surface area (TPSA) is 57.3 Å². The zero-order chi connectivity index (χ0) is 21.5. The minimum atomic E-state index is -0.634. The number of hydrogen-bond acceptors (Lipinski definition) is 3. The van der Waals surface area contributed by atoms with Gasteiger partial charge in [0.05, 0.1) is 24.4 Å². The van der Waals surface area contributed by atoms with Crippen molar-refractivity contribution in [2.75, 3.05) is 19.8 Å². The number of hydrogen-bond donors (Lipinski definition) is 3. The molecule has 7 heteroatoms. The summed E-state index contributed by atoms with van der Waals surface area (Å²) in [4.78, 5) is 3.11. The first kappa shape index (κ1) is 20.5. The van der Waals surface area contributed by atoms with Gasteiger partial charge in [0.25, 0.3) is 0 Å². The van der Waals surface area contributed by atoms with Crippen LogP contribution in [0.1, 0.15) is 30.7 Å². The van der Waals surface area contributed by atoms with Crippen LogP contribution in [0.3, 0.4) is 0 Å². The van der Waals surface area contributed by atoms with Gasteiger partial charge in [-0.2, -0.15) is 0 Å². The molecular formula is C24H25F3N2O2. The van der Waals surface area contributed by atoms with Crippen LogP contribution in [0.5, 0.6) is 0 Å². The molecule has 3 N–H and O–H groups in total. The average Bonchev–Trinajstić information content (AvgIpc) is 3.03. The molecule has 2 aromatic carbocycles. The Hall–Kier alpha value is -2.35. The summed E-state index contributed by atoms with van der Waals surface area (Å²) >= 11 is 0. The second-order valence-corrected chi connectivity index (χ2v) is 8.83. The molecule has 2 aliphatic rings. The van der Waals surface area contributed by atoms with Gasteiger partial charge in [-0.3, -0.25) is 5.32 Å². The molecule has 1 aliphatic heterocycles. The van der Waals surface area contributed by atoms with Crippen LogP contribution in [-0.2, 0) is 4.74 Å². The lowest BCUT2D eigenvalue weighted by Gasteiger charge is -2.37. The lowest BCUT2D eigenvalue weighted by atomic mass is 9.70. The first-order valence-electron chi connectivity index (χ1n) is 10.7. The van der Waals surface area contributed by atoms with E-state index in [4.69, 9.17) is 4.74 Å². The highest BCUT2D eigenvalue weighted by molar-refractivity contribution is 5.92. The molecule has 1 saturated heterocycles. The van der Waals surface area contributed by atoms with E-state index in [1.165, 1.54) is 18.2 Å². The molecule has 0 amide bonds. The van der Waals surface area contributed by atoms with E-state index >= 15 is 0 Å². The summed E-state index contributed by atoms with van der Waals surface area (Å²) in [6.07, 6.45) is 1.85. The van der Waals surface area contributed by atoms with E-state index in [-0.39, 0.29) is 17.3 Å². The van der Waals surface area contributed by atoms with Gasteiger partial charge in [0.2, 0.25) is 0 Å². The maximum atomic E-state index is 14.5. The van der Waals surface area contributed by atoms with Crippen molar-refractivity contribution in [3.63, 3.8) is 0 Å². The molecule has 3 aromatic rings. The van der Waals surface area contributed by atoms with Crippen LogP contribution in [0.2, 0.25) is 0 Å². The SMILES string of the molecule is OC(CC1COC1)NCC1CC(c2c(-c3ccc(F)cc3)[nH]c3c(F)cc(F)cc23)C1. The Morgan fingerprint density at radius 2 is 1.77 bits per heavy atom. The van der Waals surface area contributed by atoms with Crippen molar-refractivity contribution in [1.82, 2.24) is 10.3 Å². The molecule has 164 valence electrons. The minimum Gasteiger partial charge on any atom is -0.381 e. The first-order valence-corrected chi connectivity index (χ1v) is 10.7. The molecule has 31 heavy (non-hydrogen) atoms. The number of aromatic nitrogens is 1. The molecule has 1 unspecified atom stereocenters. The van der Waals surface area contributed by atoms with Crippen LogP contribution < -0.4 is 5.32 Å². The number of H-pyrrole nitrogens is 1. The van der Waals surface area contributed by atoms with Crippen molar-refractivity contribution in [3.05, 3.63) is 59.4 Å². The third-order valence-corrected chi connectivity index (χ3v) is 6.55. The van der Waals surface area contributed by atoms with Crippen molar-refractivity contribution in [2.45, 2.75) is 31.4 Å². The average molecular weight is 430 g/mol. The summed E-state index contributed by atoms with van der Waals surface area (Å²) in [6.45, 7) is 2.12. The lowest BCUT2D eigenvalue weighted by Crippen LogP contribution is -2.41. The standard InChI is InChI=1S/C24H25F3N2O2/c25-17-3-1-15(2-4-17)23-22(19-8-18(26)9-20(27)24(19)29-23)16-5-13(6-16)10-28-21(30)7-14-11-31-12-14/h1-4,8-9,13-14,16,21,28-30H,5-7,10-12H2. The summed E-state index contributed by atoms with van der Waals surface area (Å²) in [7, 11) is 0. The monoisotopic (exact) mass is 430 g/mol. The van der Waals surface area contributed by atoms with Gasteiger partial charge in [-0.15, -0.1) is 0 Å². The highest BCUT2D eigenvalue weighted by Crippen LogP contribution is 2.48. The molecule has 4 nitrogen and oxygen atoms in total. The number of halogens is 3. The van der Waals surface area contributed by atoms with Gasteiger partial charge in [-0.1, -0.05) is 0 Å². The summed E-state index contributed by atoms with van der Waals surface area (Å²) < 4.78 is 47.0. The van der Waals surface area contributed by atoms with Gasteiger partial charge in [0.1, 0.15) is 23.7 Å². The smallest absolute Gasteiger partial charge is 0.150 e. The van der Waals surface area contributed by atoms with Crippen molar-refractivity contribution in [1.29, 1.82) is 0 Å². The van der Waals surface area contributed by atoms with Crippen molar-refractivity contribution < 1.29 is 23.0 Å². The minimum absolute atomic E-state index is 0.138. The molecule has 1 saturated carbocycles. The Balaban J connectivity index is 1.35. The molecule has 5 rings (SSSR count). The first-order chi connectivity index (χ1) is 15.0. The Bertz CT molecular complexity index is 1070. The van der Waals surface area contributed by atoms with E-state index in [0.717, 1.165) is 30.0 Å². The number of rotatable bonds is 7. The summed E-state index contributed by atoms with van der Waals surface area (Å²) in [5.74, 6) is -0.658. The maximum absolute atomic E-state index is 14.5. The number of aliphatic hydroxyl groups excluding tert-OH is 1. The molecule has 0 radical (unpaired) electrons. The number of ether oxygens (including phenoxy) is 1. The highest BCUT2D eigenvalue weighted by Gasteiger charge is 2.35. The van der Waals surface area contributed by atoms with E-state index in [0.29, 0.717) is 49.1 Å². The number of aliphatic hydroxyl groups is 1. The van der Waals surface area contributed by atoms with Gasteiger partial charge in [0, 0.05) is 23.9 Å². The van der Waals surface area contributed by atoms with E-state index in [9.17, 15) is 18.3 Å². The molecule has 0 bridgehead atoms. The van der Waals surface area contributed by atoms with Gasteiger partial charge in [-0.25, -0.2) is 13.2 Å². The van der Waals surface area contributed by atoms with Crippen LogP contribution in [0.25, 0.3) is 22.2 Å². The quantitative estimate of drug-likeness (QED) is 0.477. The summed E-state index contributed by atoms with van der Waals surface area (Å²) in [5.41, 5.74) is 2.60. The molecule has 1 atom stereocenters. The van der Waals surface area contributed by atoms with Crippen LogP contribution in [0.15, 0.2) is 36.4 Å². The third kappa shape index (κ3) is 4.10. The van der Waals surface area contributed by atoms with Gasteiger partial charge in [0.15, 0.2) is 0 Å². The summed E-state index contributed by atoms with van der Waals surface area (Å²) in [5, 5.41) is 13.9. The lowest BCUT2D eigenvalue weighted by molar-refractivity contribution is -0.0578.